The third kappa shape index (κ3) is 6.01. The van der Waals surface area contributed by atoms with E-state index in [-0.39, 0.29) is 12.1 Å². The zero-order valence-corrected chi connectivity index (χ0v) is 20.2. The van der Waals surface area contributed by atoms with Crippen LogP contribution in [-0.2, 0) is 24.6 Å². The lowest BCUT2D eigenvalue weighted by atomic mass is 10.1. The Balaban J connectivity index is 1.47. The number of benzene rings is 3. The Morgan fingerprint density at radius 1 is 0.970 bits per heavy atom. The highest BCUT2D eigenvalue weighted by molar-refractivity contribution is 8.18. The molecule has 6 nitrogen and oxygen atoms in total. The number of amides is 1. The molecule has 3 aromatic carbocycles. The standard InChI is InChI=1S/C25H25N2O4PS/c1-3-30-32(29,31-4-2)17-18-10-13-22(14-11-18)26-25-27-24(28)23(33-25)16-19-9-12-20-7-5-6-8-21(20)15-19/h5-16H,3-4,17H2,1-2H3,(H,26,27,28). The van der Waals surface area contributed by atoms with E-state index in [9.17, 15) is 9.36 Å². The fraction of sp³-hybridized carbons (Fsp3) is 0.200. The summed E-state index contributed by atoms with van der Waals surface area (Å²) >= 11 is 1.31. The molecular weight excluding hydrogens is 455 g/mol. The summed E-state index contributed by atoms with van der Waals surface area (Å²) in [5.41, 5.74) is 2.49. The average molecular weight is 481 g/mol. The molecule has 0 aliphatic carbocycles. The normalized spacial score (nSPS) is 16.6. The van der Waals surface area contributed by atoms with E-state index in [0.29, 0.717) is 29.0 Å². The van der Waals surface area contributed by atoms with Crippen LogP contribution in [0.5, 0.6) is 0 Å². The lowest BCUT2D eigenvalue weighted by Gasteiger charge is -2.16. The molecule has 1 fully saturated rings. The molecule has 3 aromatic rings. The Labute approximate surface area is 197 Å². The van der Waals surface area contributed by atoms with Crippen molar-refractivity contribution in [2.75, 3.05) is 13.2 Å². The average Bonchev–Trinajstić information content (AvgIpc) is 3.13. The maximum Gasteiger partial charge on any atom is 0.335 e. The number of rotatable bonds is 8. The largest absolute Gasteiger partial charge is 0.335 e. The molecule has 33 heavy (non-hydrogen) atoms. The molecule has 0 aromatic heterocycles. The van der Waals surface area contributed by atoms with Gasteiger partial charge >= 0.3 is 7.60 Å². The van der Waals surface area contributed by atoms with Crippen molar-refractivity contribution >= 4 is 53.0 Å². The lowest BCUT2D eigenvalue weighted by Crippen LogP contribution is -2.19. The van der Waals surface area contributed by atoms with Gasteiger partial charge in [-0.15, -0.1) is 0 Å². The summed E-state index contributed by atoms with van der Waals surface area (Å²) in [6.45, 7) is 4.24. The maximum absolute atomic E-state index is 12.7. The number of nitrogens with zero attached hydrogens (tertiary/aromatic N) is 1. The molecule has 0 radical (unpaired) electrons. The monoisotopic (exact) mass is 480 g/mol. The third-order valence-corrected chi connectivity index (χ3v) is 7.88. The summed E-state index contributed by atoms with van der Waals surface area (Å²) in [5.74, 6) is -0.169. The van der Waals surface area contributed by atoms with Gasteiger partial charge in [0, 0.05) is 0 Å². The number of nitrogens with one attached hydrogen (secondary N) is 1. The number of aliphatic imine (C=N–C) groups is 1. The highest BCUT2D eigenvalue weighted by atomic mass is 32.2. The predicted octanol–water partition coefficient (Wildman–Crippen LogP) is 6.50. The van der Waals surface area contributed by atoms with Gasteiger partial charge < -0.3 is 14.4 Å². The highest BCUT2D eigenvalue weighted by Gasteiger charge is 2.25. The summed E-state index contributed by atoms with van der Waals surface area (Å²) < 4.78 is 23.4. The van der Waals surface area contributed by atoms with Crippen LogP contribution in [-0.4, -0.2) is 24.3 Å². The Bertz CT molecular complexity index is 1260. The first kappa shape index (κ1) is 23.5. The third-order valence-electron chi connectivity index (χ3n) is 4.92. The van der Waals surface area contributed by atoms with Crippen LogP contribution in [0.2, 0.25) is 0 Å². The van der Waals surface area contributed by atoms with Crippen molar-refractivity contribution in [1.29, 1.82) is 0 Å². The molecule has 4 rings (SSSR count). The minimum atomic E-state index is -3.16. The lowest BCUT2D eigenvalue weighted by molar-refractivity contribution is -0.115. The van der Waals surface area contributed by atoms with Crippen LogP contribution in [0.4, 0.5) is 5.69 Å². The molecule has 8 heteroatoms. The topological polar surface area (TPSA) is 77.0 Å². The van der Waals surface area contributed by atoms with E-state index in [1.807, 2.05) is 54.6 Å². The second-order valence-electron chi connectivity index (χ2n) is 7.36. The molecule has 1 amide bonds. The van der Waals surface area contributed by atoms with E-state index in [2.05, 4.69) is 28.5 Å². The van der Waals surface area contributed by atoms with Crippen molar-refractivity contribution in [2.24, 2.45) is 4.99 Å². The van der Waals surface area contributed by atoms with E-state index in [4.69, 9.17) is 9.05 Å². The number of amidine groups is 1. The minimum Gasteiger partial charge on any atom is -0.309 e. The van der Waals surface area contributed by atoms with Crippen LogP contribution < -0.4 is 5.32 Å². The van der Waals surface area contributed by atoms with Crippen molar-refractivity contribution in [3.05, 3.63) is 82.8 Å². The quantitative estimate of drug-likeness (QED) is 0.294. The molecule has 1 saturated heterocycles. The van der Waals surface area contributed by atoms with Gasteiger partial charge in [0.05, 0.1) is 30.0 Å². The second kappa shape index (κ2) is 10.5. The second-order valence-corrected chi connectivity index (χ2v) is 10.4. The molecule has 1 aliphatic rings. The van der Waals surface area contributed by atoms with Crippen LogP contribution in [0, 0.1) is 0 Å². The summed E-state index contributed by atoms with van der Waals surface area (Å²) in [5, 5.41) is 5.63. The Morgan fingerprint density at radius 3 is 2.36 bits per heavy atom. The number of hydrogen-bond acceptors (Lipinski definition) is 6. The van der Waals surface area contributed by atoms with Crippen molar-refractivity contribution < 1.29 is 18.4 Å². The van der Waals surface area contributed by atoms with Gasteiger partial charge in [-0.25, -0.2) is 4.99 Å². The SMILES string of the molecule is CCOP(=O)(Cc1ccc(N=C2NC(=O)C(=Cc3ccc4ccccc4c3)S2)cc1)OCC. The first-order valence-corrected chi connectivity index (χ1v) is 13.3. The fourth-order valence-electron chi connectivity index (χ4n) is 3.47. The zero-order valence-electron chi connectivity index (χ0n) is 18.5. The number of hydrogen-bond donors (Lipinski definition) is 1. The fourth-order valence-corrected chi connectivity index (χ4v) is 6.01. The van der Waals surface area contributed by atoms with Crippen LogP contribution in [0.1, 0.15) is 25.0 Å². The van der Waals surface area contributed by atoms with E-state index >= 15 is 0 Å². The Hall–Kier alpha value is -2.70. The predicted molar refractivity (Wildman–Crippen MR) is 136 cm³/mol. The van der Waals surface area contributed by atoms with Crippen molar-refractivity contribution in [2.45, 2.75) is 20.0 Å². The van der Waals surface area contributed by atoms with Gasteiger partial charge in [0.15, 0.2) is 5.17 Å². The maximum atomic E-state index is 12.7. The molecular formula is C25H25N2O4PS. The van der Waals surface area contributed by atoms with Gasteiger partial charge in [0.2, 0.25) is 0 Å². The van der Waals surface area contributed by atoms with Crippen molar-refractivity contribution in [1.82, 2.24) is 5.32 Å². The van der Waals surface area contributed by atoms with E-state index in [0.717, 1.165) is 21.9 Å². The number of carbonyl (C=O) groups is 1. The molecule has 0 spiro atoms. The van der Waals surface area contributed by atoms with Crippen LogP contribution >= 0.6 is 19.4 Å². The first-order valence-electron chi connectivity index (χ1n) is 10.7. The molecule has 0 saturated carbocycles. The molecule has 0 unspecified atom stereocenters. The van der Waals surface area contributed by atoms with E-state index < -0.39 is 7.60 Å². The summed E-state index contributed by atoms with van der Waals surface area (Å²) in [6, 6.07) is 21.6. The van der Waals surface area contributed by atoms with Crippen molar-refractivity contribution in [3.63, 3.8) is 0 Å². The van der Waals surface area contributed by atoms with Crippen molar-refractivity contribution in [3.8, 4) is 0 Å². The minimum absolute atomic E-state index is 0.169. The molecule has 0 bridgehead atoms. The summed E-state index contributed by atoms with van der Waals surface area (Å²) in [4.78, 5) is 17.6. The number of thioether (sulfide) groups is 1. The van der Waals surface area contributed by atoms with Gasteiger partial charge in [-0.05, 0) is 71.8 Å². The Morgan fingerprint density at radius 2 is 1.67 bits per heavy atom. The van der Waals surface area contributed by atoms with Gasteiger partial charge in [0.1, 0.15) is 0 Å². The van der Waals surface area contributed by atoms with E-state index in [1.165, 1.54) is 11.8 Å². The summed E-state index contributed by atoms with van der Waals surface area (Å²) in [7, 11) is -3.16. The van der Waals surface area contributed by atoms with Gasteiger partial charge in [0.25, 0.3) is 5.91 Å². The highest BCUT2D eigenvalue weighted by Crippen LogP contribution is 2.51. The van der Waals surface area contributed by atoms with Crippen LogP contribution in [0.25, 0.3) is 16.8 Å². The van der Waals surface area contributed by atoms with Crippen LogP contribution in [0.15, 0.2) is 76.6 Å². The number of fused-ring (bicyclic) bond motifs is 1. The van der Waals surface area contributed by atoms with Gasteiger partial charge in [-0.3, -0.25) is 9.36 Å². The Kier molecular flexibility index (Phi) is 7.46. The smallest absolute Gasteiger partial charge is 0.309 e. The molecule has 1 aliphatic heterocycles. The molecule has 1 heterocycles. The van der Waals surface area contributed by atoms with Gasteiger partial charge in [-0.1, -0.05) is 48.5 Å². The zero-order chi connectivity index (χ0) is 23.3. The van der Waals surface area contributed by atoms with Crippen LogP contribution in [0.3, 0.4) is 0 Å². The van der Waals surface area contributed by atoms with E-state index in [1.54, 1.807) is 13.8 Å². The first-order chi connectivity index (χ1) is 16.0. The molecule has 1 N–H and O–H groups in total. The summed E-state index contributed by atoms with van der Waals surface area (Å²) in [6.07, 6.45) is 2.08. The number of carbonyl (C=O) groups excluding carboxylic acids is 1. The molecule has 0 atom stereocenters. The molecule has 170 valence electrons. The van der Waals surface area contributed by atoms with Gasteiger partial charge in [-0.2, -0.15) is 0 Å².